The molecule has 0 aliphatic rings. The highest BCUT2D eigenvalue weighted by Gasteiger charge is 2.14. The van der Waals surface area contributed by atoms with Crippen molar-refractivity contribution in [1.29, 1.82) is 0 Å². The molecule has 2 aromatic rings. The minimum atomic E-state index is 0.0225. The zero-order valence-electron chi connectivity index (χ0n) is 9.40. The van der Waals surface area contributed by atoms with Crippen molar-refractivity contribution in [1.82, 2.24) is 9.78 Å². The van der Waals surface area contributed by atoms with Crippen LogP contribution in [0.15, 0.2) is 34.9 Å². The molecule has 2 N–H and O–H groups in total. The van der Waals surface area contributed by atoms with Crippen LogP contribution in [0.3, 0.4) is 0 Å². The Labute approximate surface area is 114 Å². The second-order valence-corrected chi connectivity index (χ2v) is 5.17. The number of rotatable bonds is 3. The van der Waals surface area contributed by atoms with E-state index in [0.717, 1.165) is 15.7 Å². The molecule has 0 saturated heterocycles. The van der Waals surface area contributed by atoms with Crippen LogP contribution in [0.4, 0.5) is 0 Å². The number of aromatic nitrogens is 2. The number of halogens is 2. The Balaban J connectivity index is 2.36. The molecule has 5 heteroatoms. The lowest BCUT2D eigenvalue weighted by Gasteiger charge is -2.15. The Kier molecular flexibility index (Phi) is 3.86. The maximum Gasteiger partial charge on any atom is 0.0891 e. The number of nitrogens with two attached hydrogens (primary N) is 1. The molecule has 3 nitrogen and oxygen atoms in total. The summed E-state index contributed by atoms with van der Waals surface area (Å²) in [6.45, 7) is 2.37. The summed E-state index contributed by atoms with van der Waals surface area (Å²) in [6, 6.07) is 8.08. The number of hydrogen-bond acceptors (Lipinski definition) is 2. The number of nitrogens with zero attached hydrogens (tertiary/aromatic N) is 2. The molecule has 1 unspecified atom stereocenters. The molecular formula is C12H13BrClN3. The summed E-state index contributed by atoms with van der Waals surface area (Å²) in [5, 5.41) is 5.04. The predicted molar refractivity (Wildman–Crippen MR) is 73.3 cm³/mol. The first-order valence-corrected chi connectivity index (χ1v) is 6.45. The third-order valence-corrected chi connectivity index (χ3v) is 3.55. The van der Waals surface area contributed by atoms with Gasteiger partial charge in [0.05, 0.1) is 16.8 Å². The third-order valence-electron chi connectivity index (χ3n) is 2.65. The zero-order chi connectivity index (χ0) is 12.4. The van der Waals surface area contributed by atoms with Gasteiger partial charge in [0.2, 0.25) is 0 Å². The lowest BCUT2D eigenvalue weighted by Crippen LogP contribution is -2.20. The molecule has 1 aromatic carbocycles. The predicted octanol–water partition coefficient (Wildman–Crippen LogP) is 3.16. The maximum absolute atomic E-state index is 6.01. The Hall–Kier alpha value is -0.840. The molecule has 17 heavy (non-hydrogen) atoms. The second-order valence-electron chi connectivity index (χ2n) is 3.85. The van der Waals surface area contributed by atoms with Gasteiger partial charge in [-0.05, 0) is 24.6 Å². The monoisotopic (exact) mass is 313 g/mol. The van der Waals surface area contributed by atoms with Crippen LogP contribution in [-0.4, -0.2) is 16.3 Å². The fourth-order valence-electron chi connectivity index (χ4n) is 1.70. The van der Waals surface area contributed by atoms with E-state index in [1.54, 1.807) is 0 Å². The van der Waals surface area contributed by atoms with E-state index in [1.807, 2.05) is 42.1 Å². The topological polar surface area (TPSA) is 43.8 Å². The Bertz CT molecular complexity index is 487. The Morgan fingerprint density at radius 3 is 2.53 bits per heavy atom. The van der Waals surface area contributed by atoms with Crippen LogP contribution < -0.4 is 5.73 Å². The fourth-order valence-corrected chi connectivity index (χ4v) is 2.10. The van der Waals surface area contributed by atoms with E-state index in [2.05, 4.69) is 21.0 Å². The molecule has 1 aromatic heterocycles. The van der Waals surface area contributed by atoms with E-state index in [-0.39, 0.29) is 6.04 Å². The SMILES string of the molecule is Cc1nn(C(CN)c2ccc(Br)cc2)cc1Cl. The van der Waals surface area contributed by atoms with Crippen molar-refractivity contribution in [2.45, 2.75) is 13.0 Å². The van der Waals surface area contributed by atoms with Gasteiger partial charge in [-0.1, -0.05) is 39.7 Å². The van der Waals surface area contributed by atoms with Crippen molar-refractivity contribution < 1.29 is 0 Å². The fraction of sp³-hybridized carbons (Fsp3) is 0.250. The molecule has 2 rings (SSSR count). The second kappa shape index (κ2) is 5.21. The lowest BCUT2D eigenvalue weighted by atomic mass is 10.1. The van der Waals surface area contributed by atoms with Gasteiger partial charge in [-0.2, -0.15) is 5.10 Å². The quantitative estimate of drug-likeness (QED) is 0.946. The van der Waals surface area contributed by atoms with Crippen LogP contribution in [-0.2, 0) is 0 Å². The molecule has 0 amide bonds. The summed E-state index contributed by atoms with van der Waals surface area (Å²) in [6.07, 6.45) is 1.82. The normalized spacial score (nSPS) is 12.7. The average Bonchev–Trinajstić information content (AvgIpc) is 2.63. The highest BCUT2D eigenvalue weighted by molar-refractivity contribution is 9.10. The van der Waals surface area contributed by atoms with Crippen LogP contribution in [0.1, 0.15) is 17.3 Å². The summed E-state index contributed by atoms with van der Waals surface area (Å²) in [4.78, 5) is 0. The van der Waals surface area contributed by atoms with Crippen molar-refractivity contribution in [2.24, 2.45) is 5.73 Å². The van der Waals surface area contributed by atoms with Gasteiger partial charge in [0.15, 0.2) is 0 Å². The molecule has 90 valence electrons. The van der Waals surface area contributed by atoms with Crippen molar-refractivity contribution in [3.8, 4) is 0 Å². The van der Waals surface area contributed by atoms with E-state index >= 15 is 0 Å². The third kappa shape index (κ3) is 2.70. The highest BCUT2D eigenvalue weighted by atomic mass is 79.9. The first-order valence-electron chi connectivity index (χ1n) is 5.28. The molecular weight excluding hydrogens is 302 g/mol. The largest absolute Gasteiger partial charge is 0.328 e. The van der Waals surface area contributed by atoms with Crippen LogP contribution in [0, 0.1) is 6.92 Å². The van der Waals surface area contributed by atoms with E-state index in [9.17, 15) is 0 Å². The first-order chi connectivity index (χ1) is 8.11. The minimum absolute atomic E-state index is 0.0225. The van der Waals surface area contributed by atoms with E-state index in [4.69, 9.17) is 17.3 Å². The number of aryl methyl sites for hydroxylation is 1. The van der Waals surface area contributed by atoms with Crippen molar-refractivity contribution in [3.05, 3.63) is 51.2 Å². The summed E-state index contributed by atoms with van der Waals surface area (Å²) >= 11 is 9.43. The summed E-state index contributed by atoms with van der Waals surface area (Å²) < 4.78 is 2.87. The minimum Gasteiger partial charge on any atom is -0.328 e. The van der Waals surface area contributed by atoms with Gasteiger partial charge < -0.3 is 5.73 Å². The van der Waals surface area contributed by atoms with Crippen LogP contribution in [0.5, 0.6) is 0 Å². The first kappa shape index (κ1) is 12.6. The van der Waals surface area contributed by atoms with E-state index in [0.29, 0.717) is 11.6 Å². The van der Waals surface area contributed by atoms with Crippen molar-refractivity contribution in [2.75, 3.05) is 6.54 Å². The molecule has 0 saturated carbocycles. The zero-order valence-corrected chi connectivity index (χ0v) is 11.7. The standard InChI is InChI=1S/C12H13BrClN3/c1-8-11(14)7-17(16-8)12(6-15)9-2-4-10(13)5-3-9/h2-5,7,12H,6,15H2,1H3. The molecule has 1 heterocycles. The molecule has 0 aliphatic heterocycles. The lowest BCUT2D eigenvalue weighted by molar-refractivity contribution is 0.529. The van der Waals surface area contributed by atoms with Gasteiger partial charge in [-0.25, -0.2) is 0 Å². The van der Waals surface area contributed by atoms with Crippen LogP contribution >= 0.6 is 27.5 Å². The molecule has 0 fully saturated rings. The molecule has 0 aliphatic carbocycles. The molecule has 0 radical (unpaired) electrons. The highest BCUT2D eigenvalue weighted by Crippen LogP contribution is 2.22. The average molecular weight is 315 g/mol. The van der Waals surface area contributed by atoms with Gasteiger partial charge in [0.1, 0.15) is 0 Å². The van der Waals surface area contributed by atoms with Gasteiger partial charge in [-0.15, -0.1) is 0 Å². The van der Waals surface area contributed by atoms with Crippen molar-refractivity contribution >= 4 is 27.5 Å². The maximum atomic E-state index is 6.01. The smallest absolute Gasteiger partial charge is 0.0891 e. The summed E-state index contributed by atoms with van der Waals surface area (Å²) in [5.74, 6) is 0. The molecule has 0 bridgehead atoms. The van der Waals surface area contributed by atoms with E-state index < -0.39 is 0 Å². The number of hydrogen-bond donors (Lipinski definition) is 1. The van der Waals surface area contributed by atoms with Crippen molar-refractivity contribution in [3.63, 3.8) is 0 Å². The molecule has 1 atom stereocenters. The van der Waals surface area contributed by atoms with Gasteiger partial charge in [0.25, 0.3) is 0 Å². The van der Waals surface area contributed by atoms with E-state index in [1.165, 1.54) is 0 Å². The van der Waals surface area contributed by atoms with Crippen LogP contribution in [0.25, 0.3) is 0 Å². The van der Waals surface area contributed by atoms with Gasteiger partial charge in [-0.3, -0.25) is 4.68 Å². The van der Waals surface area contributed by atoms with Gasteiger partial charge in [0, 0.05) is 17.2 Å². The summed E-state index contributed by atoms with van der Waals surface area (Å²) in [5.41, 5.74) is 7.76. The van der Waals surface area contributed by atoms with Crippen LogP contribution in [0.2, 0.25) is 5.02 Å². The van der Waals surface area contributed by atoms with Gasteiger partial charge >= 0.3 is 0 Å². The Morgan fingerprint density at radius 2 is 2.06 bits per heavy atom. The molecule has 0 spiro atoms. The Morgan fingerprint density at radius 1 is 1.41 bits per heavy atom. The summed E-state index contributed by atoms with van der Waals surface area (Å²) in [7, 11) is 0. The number of benzene rings is 1.